The van der Waals surface area contributed by atoms with Gasteiger partial charge in [0.15, 0.2) is 5.82 Å². The standard InChI is InChI=1S/C43H30N2OS/c1-43(2)34-22-20-30(25-38(34)46-40-35(43)23-21-33-32-18-9-10-19-39(32)47-41(33)40)29-16-11-17-31(24-29)42-44-36(27-12-5-3-6-13-27)26-37(45-42)28-14-7-4-8-15-28/h3-26H,1-2H3. The highest BCUT2D eigenvalue weighted by Crippen LogP contribution is 2.53. The Balaban J connectivity index is 1.14. The third-order valence-electron chi connectivity index (χ3n) is 9.36. The molecule has 0 unspecified atom stereocenters. The summed E-state index contributed by atoms with van der Waals surface area (Å²) in [6.45, 7) is 4.60. The first kappa shape index (κ1) is 27.7. The van der Waals surface area contributed by atoms with Crippen LogP contribution in [-0.2, 0) is 5.41 Å². The quantitative estimate of drug-likeness (QED) is 0.196. The third-order valence-corrected chi connectivity index (χ3v) is 10.5. The van der Waals surface area contributed by atoms with Crippen molar-refractivity contribution in [3.63, 3.8) is 0 Å². The maximum Gasteiger partial charge on any atom is 0.160 e. The van der Waals surface area contributed by atoms with E-state index in [-0.39, 0.29) is 5.41 Å². The van der Waals surface area contributed by atoms with Crippen molar-refractivity contribution in [2.75, 3.05) is 0 Å². The minimum absolute atomic E-state index is 0.201. The number of hydrogen-bond acceptors (Lipinski definition) is 4. The zero-order valence-corrected chi connectivity index (χ0v) is 26.9. The molecule has 47 heavy (non-hydrogen) atoms. The monoisotopic (exact) mass is 622 g/mol. The summed E-state index contributed by atoms with van der Waals surface area (Å²) in [5, 5.41) is 2.53. The summed E-state index contributed by atoms with van der Waals surface area (Å²) < 4.78 is 9.34. The second kappa shape index (κ2) is 10.8. The van der Waals surface area contributed by atoms with Crippen molar-refractivity contribution in [3.05, 3.63) is 157 Å². The number of hydrogen-bond donors (Lipinski definition) is 0. The van der Waals surface area contributed by atoms with Crippen LogP contribution in [0.3, 0.4) is 0 Å². The normalized spacial score (nSPS) is 13.2. The summed E-state index contributed by atoms with van der Waals surface area (Å²) in [4.78, 5) is 10.1. The van der Waals surface area contributed by atoms with Gasteiger partial charge in [-0.3, -0.25) is 0 Å². The zero-order valence-electron chi connectivity index (χ0n) is 26.1. The Labute approximate surface area is 277 Å². The molecule has 0 radical (unpaired) electrons. The van der Waals surface area contributed by atoms with Gasteiger partial charge in [-0.15, -0.1) is 11.3 Å². The van der Waals surface area contributed by atoms with Crippen LogP contribution in [0.4, 0.5) is 0 Å². The lowest BCUT2D eigenvalue weighted by Gasteiger charge is -2.35. The van der Waals surface area contributed by atoms with Crippen molar-refractivity contribution in [1.82, 2.24) is 9.97 Å². The van der Waals surface area contributed by atoms with E-state index in [1.807, 2.05) is 47.7 Å². The van der Waals surface area contributed by atoms with E-state index in [2.05, 4.69) is 123 Å². The molecule has 0 bridgehead atoms. The first-order valence-corrected chi connectivity index (χ1v) is 16.7. The van der Waals surface area contributed by atoms with E-state index in [0.717, 1.165) is 50.7 Å². The minimum Gasteiger partial charge on any atom is -0.455 e. The van der Waals surface area contributed by atoms with Gasteiger partial charge in [0.25, 0.3) is 0 Å². The maximum atomic E-state index is 6.85. The molecule has 0 atom stereocenters. The molecule has 0 N–H and O–H groups in total. The van der Waals surface area contributed by atoms with Crippen LogP contribution >= 0.6 is 11.3 Å². The van der Waals surface area contributed by atoms with E-state index in [1.165, 1.54) is 31.3 Å². The van der Waals surface area contributed by atoms with E-state index < -0.39 is 0 Å². The minimum atomic E-state index is -0.201. The Morgan fingerprint density at radius 3 is 1.87 bits per heavy atom. The van der Waals surface area contributed by atoms with E-state index in [4.69, 9.17) is 14.7 Å². The van der Waals surface area contributed by atoms with E-state index in [9.17, 15) is 0 Å². The van der Waals surface area contributed by atoms with Crippen LogP contribution in [0.2, 0.25) is 0 Å². The maximum absolute atomic E-state index is 6.85. The SMILES string of the molecule is CC1(C)c2ccc(-c3cccc(-c4nc(-c5ccccc5)cc(-c5ccccc5)n4)c3)cc2Oc2c1ccc1c2sc2ccccc21. The molecule has 8 aromatic rings. The highest BCUT2D eigenvalue weighted by molar-refractivity contribution is 7.26. The lowest BCUT2D eigenvalue weighted by molar-refractivity contribution is 0.424. The lowest BCUT2D eigenvalue weighted by atomic mass is 9.75. The summed E-state index contributed by atoms with van der Waals surface area (Å²) in [5.41, 5.74) is 9.29. The molecule has 4 heteroatoms. The second-order valence-electron chi connectivity index (χ2n) is 12.6. The summed E-state index contributed by atoms with van der Waals surface area (Å²) >= 11 is 1.81. The van der Waals surface area contributed by atoms with Gasteiger partial charge in [-0.1, -0.05) is 135 Å². The number of fused-ring (bicyclic) bond motifs is 6. The van der Waals surface area contributed by atoms with Crippen molar-refractivity contribution in [1.29, 1.82) is 0 Å². The highest BCUT2D eigenvalue weighted by Gasteiger charge is 2.36. The Hall–Kier alpha value is -5.58. The van der Waals surface area contributed by atoms with Crippen molar-refractivity contribution in [2.24, 2.45) is 0 Å². The van der Waals surface area contributed by atoms with Crippen molar-refractivity contribution in [3.8, 4) is 56.5 Å². The van der Waals surface area contributed by atoms with Gasteiger partial charge in [-0.2, -0.15) is 0 Å². The lowest BCUT2D eigenvalue weighted by Crippen LogP contribution is -2.24. The fraction of sp³-hybridized carbons (Fsp3) is 0.0698. The number of nitrogens with zero attached hydrogens (tertiary/aromatic N) is 2. The topological polar surface area (TPSA) is 35.0 Å². The van der Waals surface area contributed by atoms with Crippen LogP contribution < -0.4 is 4.74 Å². The molecule has 6 aromatic carbocycles. The average Bonchev–Trinajstić information content (AvgIpc) is 3.51. The van der Waals surface area contributed by atoms with Gasteiger partial charge in [-0.25, -0.2) is 9.97 Å². The third kappa shape index (κ3) is 4.64. The van der Waals surface area contributed by atoms with Crippen LogP contribution in [0.15, 0.2) is 146 Å². The van der Waals surface area contributed by atoms with E-state index in [1.54, 1.807) is 0 Å². The van der Waals surface area contributed by atoms with Gasteiger partial charge >= 0.3 is 0 Å². The molecule has 2 aromatic heterocycles. The predicted molar refractivity (Wildman–Crippen MR) is 195 cm³/mol. The van der Waals surface area contributed by atoms with Crippen molar-refractivity contribution in [2.45, 2.75) is 19.3 Å². The van der Waals surface area contributed by atoms with Gasteiger partial charge in [0.05, 0.1) is 16.1 Å². The first-order chi connectivity index (χ1) is 23.0. The molecule has 224 valence electrons. The van der Waals surface area contributed by atoms with Gasteiger partial charge in [0.1, 0.15) is 11.5 Å². The van der Waals surface area contributed by atoms with Crippen molar-refractivity contribution >= 4 is 31.5 Å². The molecule has 9 rings (SSSR count). The molecule has 0 saturated carbocycles. The Morgan fingerprint density at radius 1 is 0.511 bits per heavy atom. The van der Waals surface area contributed by atoms with E-state index >= 15 is 0 Å². The molecule has 0 aliphatic carbocycles. The average molecular weight is 623 g/mol. The molecule has 1 aliphatic heterocycles. The molecular weight excluding hydrogens is 593 g/mol. The van der Waals surface area contributed by atoms with Gasteiger partial charge in [-0.05, 0) is 35.4 Å². The molecule has 0 fully saturated rings. The summed E-state index contributed by atoms with van der Waals surface area (Å²) in [6, 6.07) is 51.0. The smallest absolute Gasteiger partial charge is 0.160 e. The second-order valence-corrected chi connectivity index (χ2v) is 13.7. The summed E-state index contributed by atoms with van der Waals surface area (Å²) in [6.07, 6.45) is 0. The predicted octanol–water partition coefficient (Wildman–Crippen LogP) is 11.9. The number of aromatic nitrogens is 2. The number of rotatable bonds is 4. The fourth-order valence-electron chi connectivity index (χ4n) is 6.84. The van der Waals surface area contributed by atoms with E-state index in [0.29, 0.717) is 5.82 Å². The highest BCUT2D eigenvalue weighted by atomic mass is 32.1. The number of benzene rings is 6. The van der Waals surface area contributed by atoms with Gasteiger partial charge in [0.2, 0.25) is 0 Å². The van der Waals surface area contributed by atoms with Crippen LogP contribution in [0.25, 0.3) is 65.2 Å². The molecule has 0 spiro atoms. The van der Waals surface area contributed by atoms with Crippen LogP contribution in [0.5, 0.6) is 11.5 Å². The summed E-state index contributed by atoms with van der Waals surface area (Å²) in [5.74, 6) is 2.58. The first-order valence-electron chi connectivity index (χ1n) is 15.9. The molecule has 3 heterocycles. The Bertz CT molecular complexity index is 2410. The zero-order chi connectivity index (χ0) is 31.5. The number of ether oxygens (including phenoxy) is 1. The largest absolute Gasteiger partial charge is 0.455 e. The number of thiophene rings is 1. The molecule has 1 aliphatic rings. The summed E-state index contributed by atoms with van der Waals surface area (Å²) in [7, 11) is 0. The molecule has 3 nitrogen and oxygen atoms in total. The van der Waals surface area contributed by atoms with Crippen molar-refractivity contribution < 1.29 is 4.74 Å². The van der Waals surface area contributed by atoms with Gasteiger partial charge in [0, 0.05) is 48.7 Å². The Morgan fingerprint density at radius 2 is 1.13 bits per heavy atom. The van der Waals surface area contributed by atoms with Gasteiger partial charge < -0.3 is 4.74 Å². The Kier molecular flexibility index (Phi) is 6.34. The molecule has 0 saturated heterocycles. The van der Waals surface area contributed by atoms with Crippen LogP contribution in [-0.4, -0.2) is 9.97 Å². The van der Waals surface area contributed by atoms with Crippen LogP contribution in [0, 0.1) is 0 Å². The van der Waals surface area contributed by atoms with Crippen LogP contribution in [0.1, 0.15) is 25.0 Å². The fourth-order valence-corrected chi connectivity index (χ4v) is 8.03. The molecule has 0 amide bonds. The molecular formula is C43H30N2OS.